The summed E-state index contributed by atoms with van der Waals surface area (Å²) in [5, 5.41) is 0. The lowest BCUT2D eigenvalue weighted by molar-refractivity contribution is -0.150. The molecule has 0 radical (unpaired) electrons. The zero-order valence-corrected chi connectivity index (χ0v) is 11.6. The molecule has 0 spiro atoms. The predicted molar refractivity (Wildman–Crippen MR) is 71.4 cm³/mol. The SMILES string of the molecule is C=CC(=O)OCCCOC(=O)C(=CC)OC(=O)C(=C)C. The van der Waals surface area contributed by atoms with E-state index in [-0.39, 0.29) is 24.5 Å². The fourth-order valence-corrected chi connectivity index (χ4v) is 0.932. The summed E-state index contributed by atoms with van der Waals surface area (Å²) >= 11 is 0. The highest BCUT2D eigenvalue weighted by Crippen LogP contribution is 2.05. The first kappa shape index (κ1) is 17.6. The molecule has 0 rings (SSSR count). The molecule has 0 aliphatic carbocycles. The molecule has 0 heterocycles. The number of esters is 3. The van der Waals surface area contributed by atoms with Gasteiger partial charge in [-0.1, -0.05) is 13.2 Å². The van der Waals surface area contributed by atoms with Gasteiger partial charge in [0, 0.05) is 18.1 Å². The van der Waals surface area contributed by atoms with Crippen LogP contribution in [-0.4, -0.2) is 31.1 Å². The van der Waals surface area contributed by atoms with E-state index in [0.29, 0.717) is 6.42 Å². The van der Waals surface area contributed by atoms with Crippen LogP contribution >= 0.6 is 0 Å². The maximum absolute atomic E-state index is 11.6. The van der Waals surface area contributed by atoms with Crippen LogP contribution in [0.2, 0.25) is 0 Å². The molecule has 0 fully saturated rings. The Bertz CT molecular complexity index is 433. The van der Waals surface area contributed by atoms with E-state index in [9.17, 15) is 14.4 Å². The van der Waals surface area contributed by atoms with Gasteiger partial charge in [0.1, 0.15) is 0 Å². The van der Waals surface area contributed by atoms with Gasteiger partial charge in [0.25, 0.3) is 0 Å². The van der Waals surface area contributed by atoms with E-state index < -0.39 is 17.9 Å². The summed E-state index contributed by atoms with van der Waals surface area (Å²) in [6.45, 7) is 9.79. The third kappa shape index (κ3) is 7.15. The summed E-state index contributed by atoms with van der Waals surface area (Å²) < 4.78 is 14.3. The highest BCUT2D eigenvalue weighted by molar-refractivity contribution is 5.94. The molecule has 20 heavy (non-hydrogen) atoms. The average molecular weight is 282 g/mol. The molecule has 0 aromatic heterocycles. The normalized spacial score (nSPS) is 10.4. The summed E-state index contributed by atoms with van der Waals surface area (Å²) in [5.41, 5.74) is 0.175. The number of allylic oxidation sites excluding steroid dienone is 1. The maximum atomic E-state index is 11.6. The lowest BCUT2D eigenvalue weighted by Crippen LogP contribution is -2.16. The van der Waals surface area contributed by atoms with E-state index in [0.717, 1.165) is 6.08 Å². The van der Waals surface area contributed by atoms with Gasteiger partial charge in [0.15, 0.2) is 0 Å². The second-order valence-corrected chi connectivity index (χ2v) is 3.68. The van der Waals surface area contributed by atoms with Crippen molar-refractivity contribution in [1.82, 2.24) is 0 Å². The minimum atomic E-state index is -0.767. The van der Waals surface area contributed by atoms with E-state index in [1.54, 1.807) is 0 Å². The van der Waals surface area contributed by atoms with Gasteiger partial charge in [0.2, 0.25) is 5.76 Å². The van der Waals surface area contributed by atoms with Crippen LogP contribution in [0, 0.1) is 0 Å². The highest BCUT2D eigenvalue weighted by atomic mass is 16.6. The molecule has 0 N–H and O–H groups in total. The van der Waals surface area contributed by atoms with Crippen molar-refractivity contribution in [2.45, 2.75) is 20.3 Å². The Labute approximate surface area is 117 Å². The minimum Gasteiger partial charge on any atom is -0.462 e. The largest absolute Gasteiger partial charge is 0.462 e. The van der Waals surface area contributed by atoms with E-state index in [1.165, 1.54) is 19.9 Å². The van der Waals surface area contributed by atoms with Crippen LogP contribution in [0.5, 0.6) is 0 Å². The van der Waals surface area contributed by atoms with Crippen molar-refractivity contribution < 1.29 is 28.6 Å². The number of rotatable bonds is 8. The molecule has 0 atom stereocenters. The van der Waals surface area contributed by atoms with Gasteiger partial charge in [-0.15, -0.1) is 0 Å². The fourth-order valence-electron chi connectivity index (χ4n) is 0.932. The van der Waals surface area contributed by atoms with Crippen LogP contribution in [0.4, 0.5) is 0 Å². The molecule has 0 saturated heterocycles. The number of carbonyl (C=O) groups is 3. The Hall–Kier alpha value is -2.37. The van der Waals surface area contributed by atoms with Gasteiger partial charge in [-0.2, -0.15) is 0 Å². The van der Waals surface area contributed by atoms with Gasteiger partial charge >= 0.3 is 17.9 Å². The summed E-state index contributed by atoms with van der Waals surface area (Å²) in [6.07, 6.45) is 2.69. The molecule has 0 unspecified atom stereocenters. The van der Waals surface area contributed by atoms with E-state index in [2.05, 4.69) is 13.2 Å². The van der Waals surface area contributed by atoms with Gasteiger partial charge in [0.05, 0.1) is 13.2 Å². The molecule has 0 bridgehead atoms. The second-order valence-electron chi connectivity index (χ2n) is 3.68. The predicted octanol–water partition coefficient (Wildman–Crippen LogP) is 1.67. The first-order chi connectivity index (χ1) is 9.42. The Balaban J connectivity index is 4.06. The molecule has 0 saturated carbocycles. The van der Waals surface area contributed by atoms with Crippen LogP contribution in [0.3, 0.4) is 0 Å². The molecule has 6 heteroatoms. The molecule has 0 aliphatic rings. The Morgan fingerprint density at radius 3 is 2.20 bits per heavy atom. The topological polar surface area (TPSA) is 78.9 Å². The molecular formula is C14H18O6. The van der Waals surface area contributed by atoms with Gasteiger partial charge in [-0.3, -0.25) is 0 Å². The van der Waals surface area contributed by atoms with Crippen LogP contribution in [-0.2, 0) is 28.6 Å². The molecule has 0 amide bonds. The summed E-state index contributed by atoms with van der Waals surface area (Å²) in [7, 11) is 0. The van der Waals surface area contributed by atoms with E-state index in [4.69, 9.17) is 14.2 Å². The molecule has 0 aliphatic heterocycles. The lowest BCUT2D eigenvalue weighted by atomic mass is 10.3. The number of ether oxygens (including phenoxy) is 3. The van der Waals surface area contributed by atoms with Crippen molar-refractivity contribution >= 4 is 17.9 Å². The quantitative estimate of drug-likeness (QED) is 0.221. The van der Waals surface area contributed by atoms with Crippen molar-refractivity contribution in [3.8, 4) is 0 Å². The van der Waals surface area contributed by atoms with Crippen molar-refractivity contribution in [3.63, 3.8) is 0 Å². The minimum absolute atomic E-state index is 0.0330. The van der Waals surface area contributed by atoms with Crippen LogP contribution in [0.1, 0.15) is 20.3 Å². The number of carbonyl (C=O) groups excluding carboxylic acids is 3. The Kier molecular flexibility index (Phi) is 8.41. The first-order valence-corrected chi connectivity index (χ1v) is 5.92. The summed E-state index contributed by atoms with van der Waals surface area (Å²) in [5.74, 6) is -2.21. The lowest BCUT2D eigenvalue weighted by Gasteiger charge is -2.08. The van der Waals surface area contributed by atoms with Crippen molar-refractivity contribution in [2.75, 3.05) is 13.2 Å². The Morgan fingerprint density at radius 1 is 1.10 bits per heavy atom. The van der Waals surface area contributed by atoms with Crippen molar-refractivity contribution in [2.24, 2.45) is 0 Å². The number of hydrogen-bond acceptors (Lipinski definition) is 6. The fraction of sp³-hybridized carbons (Fsp3) is 0.357. The van der Waals surface area contributed by atoms with Crippen LogP contribution in [0.15, 0.2) is 36.6 Å². The highest BCUT2D eigenvalue weighted by Gasteiger charge is 2.16. The smallest absolute Gasteiger partial charge is 0.374 e. The van der Waals surface area contributed by atoms with Crippen LogP contribution < -0.4 is 0 Å². The zero-order chi connectivity index (χ0) is 15.5. The molecule has 0 aromatic carbocycles. The second kappa shape index (κ2) is 9.55. The summed E-state index contributed by atoms with van der Waals surface area (Å²) in [4.78, 5) is 33.6. The van der Waals surface area contributed by atoms with E-state index >= 15 is 0 Å². The van der Waals surface area contributed by atoms with Crippen molar-refractivity contribution in [3.05, 3.63) is 36.6 Å². The summed E-state index contributed by atoms with van der Waals surface area (Å²) in [6, 6.07) is 0. The number of hydrogen-bond donors (Lipinski definition) is 0. The van der Waals surface area contributed by atoms with Crippen LogP contribution in [0.25, 0.3) is 0 Å². The maximum Gasteiger partial charge on any atom is 0.374 e. The zero-order valence-electron chi connectivity index (χ0n) is 11.6. The molecule has 0 aromatic rings. The Morgan fingerprint density at radius 2 is 1.70 bits per heavy atom. The third-order valence-corrected chi connectivity index (χ3v) is 1.95. The monoisotopic (exact) mass is 282 g/mol. The standard InChI is InChI=1S/C14H18O6/c1-5-11(20-13(16)10(3)4)14(17)19-9-7-8-18-12(15)6-2/h5-6H,2-3,7-9H2,1,4H3. The third-order valence-electron chi connectivity index (χ3n) is 1.95. The average Bonchev–Trinajstić information content (AvgIpc) is 2.43. The van der Waals surface area contributed by atoms with Gasteiger partial charge in [-0.05, 0) is 19.9 Å². The first-order valence-electron chi connectivity index (χ1n) is 5.92. The molecular weight excluding hydrogens is 264 g/mol. The van der Waals surface area contributed by atoms with Crippen molar-refractivity contribution in [1.29, 1.82) is 0 Å². The van der Waals surface area contributed by atoms with Gasteiger partial charge in [-0.25, -0.2) is 14.4 Å². The van der Waals surface area contributed by atoms with Gasteiger partial charge < -0.3 is 14.2 Å². The van der Waals surface area contributed by atoms with E-state index in [1.807, 2.05) is 0 Å². The molecule has 6 nitrogen and oxygen atoms in total. The molecule has 110 valence electrons.